The molecular weight excluding hydrogens is 633 g/mol. The first-order valence-electron chi connectivity index (χ1n) is 15.3. The minimum Gasteiger partial charge on any atom is -0.488 e. The monoisotopic (exact) mass is 674 g/mol. The summed E-state index contributed by atoms with van der Waals surface area (Å²) < 4.78 is 58.4. The van der Waals surface area contributed by atoms with Crippen molar-refractivity contribution in [2.45, 2.75) is 85.3 Å². The summed E-state index contributed by atoms with van der Waals surface area (Å²) in [7, 11) is 0. The normalized spacial score (nSPS) is 13.3. The van der Waals surface area contributed by atoms with Crippen LogP contribution in [0.1, 0.15) is 68.8 Å². The van der Waals surface area contributed by atoms with Crippen molar-refractivity contribution in [1.29, 1.82) is 0 Å². The van der Waals surface area contributed by atoms with Gasteiger partial charge < -0.3 is 19.1 Å². The molecule has 8 nitrogen and oxygen atoms in total. The van der Waals surface area contributed by atoms with Crippen LogP contribution in [-0.4, -0.2) is 53.7 Å². The number of halogens is 3. The van der Waals surface area contributed by atoms with Crippen molar-refractivity contribution >= 4 is 35.0 Å². The SMILES string of the molecule is Cc1c(OCc2cc(-c3ccccc3)c(C(F)(F)F)s2)ccc2c1CCN2C(=O)CN(CCC(=O)OC(C)(C)C)C(=O)OC(C)(C)C. The van der Waals surface area contributed by atoms with Crippen molar-refractivity contribution in [3.8, 4) is 16.9 Å². The number of esters is 1. The zero-order valence-corrected chi connectivity index (χ0v) is 28.6. The quantitative estimate of drug-likeness (QED) is 0.213. The molecule has 0 fully saturated rings. The Kier molecular flexibility index (Phi) is 10.6. The van der Waals surface area contributed by atoms with E-state index in [4.69, 9.17) is 14.2 Å². The molecule has 0 spiro atoms. The minimum atomic E-state index is -4.50. The highest BCUT2D eigenvalue weighted by Gasteiger charge is 2.37. The molecule has 0 saturated carbocycles. The number of anilines is 1. The number of thiophene rings is 1. The number of ether oxygens (including phenoxy) is 3. The Hall–Kier alpha value is -4.06. The standard InChI is InChI=1S/C35H41F3N2O6S/c1-22-25-15-18-40(29(41)20-39(32(43)46-34(5,6)7)17-16-30(42)45-33(2,3)4)27(25)13-14-28(22)44-21-24-19-26(23-11-9-8-10-12-23)31(47-24)35(36,37)38/h8-14,19H,15-18,20-21H2,1-7H3. The van der Waals surface area contributed by atoms with Crippen molar-refractivity contribution in [2.24, 2.45) is 0 Å². The van der Waals surface area contributed by atoms with E-state index in [0.717, 1.165) is 11.1 Å². The maximum Gasteiger partial charge on any atom is 0.426 e. The number of hydrogen-bond donors (Lipinski definition) is 0. The summed E-state index contributed by atoms with van der Waals surface area (Å²) in [5, 5.41) is 0. The van der Waals surface area contributed by atoms with Crippen molar-refractivity contribution in [2.75, 3.05) is 24.5 Å². The van der Waals surface area contributed by atoms with Gasteiger partial charge in [0.2, 0.25) is 5.91 Å². The lowest BCUT2D eigenvalue weighted by atomic mass is 10.1. The number of amides is 2. The lowest BCUT2D eigenvalue weighted by molar-refractivity contribution is -0.155. The van der Waals surface area contributed by atoms with Crippen LogP contribution in [-0.2, 0) is 38.3 Å². The molecule has 0 aliphatic carbocycles. The number of nitrogens with zero attached hydrogens (tertiary/aromatic N) is 2. The lowest BCUT2D eigenvalue weighted by Gasteiger charge is -2.29. The van der Waals surface area contributed by atoms with Crippen molar-refractivity contribution < 1.29 is 41.8 Å². The van der Waals surface area contributed by atoms with Crippen LogP contribution in [0.15, 0.2) is 48.5 Å². The molecule has 254 valence electrons. The summed E-state index contributed by atoms with van der Waals surface area (Å²) in [6.07, 6.45) is -4.79. The molecule has 1 aliphatic rings. The molecule has 47 heavy (non-hydrogen) atoms. The molecule has 2 heterocycles. The van der Waals surface area contributed by atoms with E-state index in [1.807, 2.05) is 6.92 Å². The number of carbonyl (C=O) groups is 3. The molecule has 0 unspecified atom stereocenters. The molecule has 0 radical (unpaired) electrons. The zero-order valence-electron chi connectivity index (χ0n) is 27.7. The summed E-state index contributed by atoms with van der Waals surface area (Å²) in [4.78, 5) is 41.4. The van der Waals surface area contributed by atoms with Crippen molar-refractivity contribution in [3.63, 3.8) is 0 Å². The minimum absolute atomic E-state index is 0.0502. The summed E-state index contributed by atoms with van der Waals surface area (Å²) in [6.45, 7) is 12.2. The second kappa shape index (κ2) is 14.0. The highest BCUT2D eigenvalue weighted by molar-refractivity contribution is 7.12. The van der Waals surface area contributed by atoms with E-state index in [1.165, 1.54) is 11.0 Å². The molecule has 0 saturated heterocycles. The number of fused-ring (bicyclic) bond motifs is 1. The van der Waals surface area contributed by atoms with E-state index >= 15 is 0 Å². The summed E-state index contributed by atoms with van der Waals surface area (Å²) in [5.41, 5.74) is 1.42. The van der Waals surface area contributed by atoms with Crippen LogP contribution in [0.25, 0.3) is 11.1 Å². The van der Waals surface area contributed by atoms with Crippen molar-refractivity contribution in [3.05, 3.63) is 69.4 Å². The first-order chi connectivity index (χ1) is 21.8. The van der Waals surface area contributed by atoms with Gasteiger partial charge in [-0.05, 0) is 89.8 Å². The highest BCUT2D eigenvalue weighted by atomic mass is 32.1. The van der Waals surface area contributed by atoms with E-state index in [1.54, 1.807) is 88.9 Å². The third-order valence-corrected chi connectivity index (χ3v) is 8.33. The average Bonchev–Trinajstić information content (AvgIpc) is 3.59. The van der Waals surface area contributed by atoms with Crippen LogP contribution in [0.2, 0.25) is 0 Å². The summed E-state index contributed by atoms with van der Waals surface area (Å²) in [6, 6.07) is 13.4. The van der Waals surface area contributed by atoms with Gasteiger partial charge in [-0.25, -0.2) is 4.79 Å². The van der Waals surface area contributed by atoms with Gasteiger partial charge in [0, 0.05) is 29.2 Å². The number of alkyl halides is 3. The fraction of sp³-hybridized carbons (Fsp3) is 0.457. The second-order valence-electron chi connectivity index (χ2n) is 13.3. The van der Waals surface area contributed by atoms with E-state index < -0.39 is 34.3 Å². The van der Waals surface area contributed by atoms with E-state index in [0.29, 0.717) is 46.2 Å². The fourth-order valence-corrected chi connectivity index (χ4v) is 6.14. The first-order valence-corrected chi connectivity index (χ1v) is 16.1. The maximum atomic E-state index is 13.8. The van der Waals surface area contributed by atoms with E-state index in [2.05, 4.69) is 0 Å². The Balaban J connectivity index is 1.47. The van der Waals surface area contributed by atoms with Crippen molar-refractivity contribution in [1.82, 2.24) is 4.90 Å². The smallest absolute Gasteiger partial charge is 0.426 e. The average molecular weight is 675 g/mol. The van der Waals surface area contributed by atoms with Gasteiger partial charge in [-0.15, -0.1) is 11.3 Å². The lowest BCUT2D eigenvalue weighted by Crippen LogP contribution is -2.45. The van der Waals surface area contributed by atoms with Crippen LogP contribution in [0.5, 0.6) is 5.75 Å². The molecule has 3 aromatic rings. The number of carbonyl (C=O) groups excluding carboxylic acids is 3. The first kappa shape index (κ1) is 35.8. The molecule has 0 N–H and O–H groups in total. The summed E-state index contributed by atoms with van der Waals surface area (Å²) >= 11 is 0.661. The zero-order chi connectivity index (χ0) is 34.7. The molecule has 1 aliphatic heterocycles. The van der Waals surface area contributed by atoms with Gasteiger partial charge in [0.25, 0.3) is 0 Å². The predicted molar refractivity (Wildman–Crippen MR) is 175 cm³/mol. The molecule has 0 atom stereocenters. The Morgan fingerprint density at radius 3 is 2.21 bits per heavy atom. The predicted octanol–water partition coefficient (Wildman–Crippen LogP) is 8.18. The van der Waals surface area contributed by atoms with Gasteiger partial charge >= 0.3 is 18.2 Å². The van der Waals surface area contributed by atoms with Crippen LogP contribution < -0.4 is 9.64 Å². The van der Waals surface area contributed by atoms with Gasteiger partial charge in [0.05, 0.1) is 6.42 Å². The Morgan fingerprint density at radius 2 is 1.60 bits per heavy atom. The van der Waals surface area contributed by atoms with Gasteiger partial charge in [-0.3, -0.25) is 14.5 Å². The third kappa shape index (κ3) is 9.50. The van der Waals surface area contributed by atoms with Crippen LogP contribution in [0.3, 0.4) is 0 Å². The largest absolute Gasteiger partial charge is 0.488 e. The summed E-state index contributed by atoms with van der Waals surface area (Å²) in [5.74, 6) is -0.339. The van der Waals surface area contributed by atoms with Gasteiger partial charge in [0.1, 0.15) is 35.0 Å². The molecular formula is C35H41F3N2O6S. The molecule has 12 heteroatoms. The number of benzene rings is 2. The Bertz CT molecular complexity index is 1610. The van der Waals surface area contributed by atoms with E-state index in [-0.39, 0.29) is 37.6 Å². The Labute approximate surface area is 277 Å². The second-order valence-corrected chi connectivity index (χ2v) is 14.5. The highest BCUT2D eigenvalue weighted by Crippen LogP contribution is 2.43. The molecule has 1 aromatic heterocycles. The third-order valence-electron chi connectivity index (χ3n) is 7.18. The maximum absolute atomic E-state index is 13.8. The van der Waals surface area contributed by atoms with Crippen LogP contribution >= 0.6 is 11.3 Å². The molecule has 4 rings (SSSR count). The Morgan fingerprint density at radius 1 is 0.936 bits per heavy atom. The van der Waals surface area contributed by atoms with Gasteiger partial charge in [-0.1, -0.05) is 30.3 Å². The fourth-order valence-electron chi connectivity index (χ4n) is 5.18. The molecule has 2 aromatic carbocycles. The number of rotatable bonds is 9. The van der Waals surface area contributed by atoms with Gasteiger partial charge in [0.15, 0.2) is 0 Å². The van der Waals surface area contributed by atoms with E-state index in [9.17, 15) is 27.6 Å². The molecule has 2 amide bonds. The van der Waals surface area contributed by atoms with Gasteiger partial charge in [-0.2, -0.15) is 13.2 Å². The number of hydrogen-bond acceptors (Lipinski definition) is 7. The topological polar surface area (TPSA) is 85.4 Å². The molecule has 0 bridgehead atoms. The van der Waals surface area contributed by atoms with Crippen LogP contribution in [0.4, 0.5) is 23.7 Å². The van der Waals surface area contributed by atoms with Crippen LogP contribution in [0, 0.1) is 6.92 Å².